The second-order valence-electron chi connectivity index (χ2n) is 4.31. The molecule has 0 fully saturated rings. The number of carbonyl (C=O) groups excluding carboxylic acids is 2. The largest absolute Gasteiger partial charge is 0.398 e. The molecule has 1 aromatic rings. The van der Waals surface area contributed by atoms with Crippen molar-refractivity contribution in [2.75, 3.05) is 26.4 Å². The predicted octanol–water partition coefficient (Wildman–Crippen LogP) is 0.785. The van der Waals surface area contributed by atoms with Gasteiger partial charge in [0.1, 0.15) is 0 Å². The van der Waals surface area contributed by atoms with E-state index in [-0.39, 0.29) is 11.8 Å². The minimum atomic E-state index is -0.202. The van der Waals surface area contributed by atoms with Crippen molar-refractivity contribution in [1.82, 2.24) is 10.2 Å². The van der Waals surface area contributed by atoms with E-state index in [1.165, 1.54) is 4.90 Å². The van der Waals surface area contributed by atoms with E-state index >= 15 is 0 Å². The summed E-state index contributed by atoms with van der Waals surface area (Å²) in [5, 5.41) is 2.71. The van der Waals surface area contributed by atoms with Crippen LogP contribution in [0.4, 0.5) is 5.69 Å². The van der Waals surface area contributed by atoms with Gasteiger partial charge < -0.3 is 16.0 Å². The van der Waals surface area contributed by atoms with Crippen molar-refractivity contribution in [3.8, 4) is 0 Å². The topological polar surface area (TPSA) is 75.4 Å². The van der Waals surface area contributed by atoms with Crippen LogP contribution in [-0.4, -0.2) is 37.4 Å². The van der Waals surface area contributed by atoms with E-state index in [0.717, 1.165) is 5.56 Å². The minimum Gasteiger partial charge on any atom is -0.398 e. The van der Waals surface area contributed by atoms with E-state index in [0.29, 0.717) is 24.2 Å². The summed E-state index contributed by atoms with van der Waals surface area (Å²) in [7, 11) is 3.37. The first-order chi connectivity index (χ1) is 8.43. The summed E-state index contributed by atoms with van der Waals surface area (Å²) in [5.41, 5.74) is 7.63. The molecule has 5 nitrogen and oxygen atoms in total. The van der Waals surface area contributed by atoms with Gasteiger partial charge in [0.05, 0.1) is 0 Å². The van der Waals surface area contributed by atoms with Crippen molar-refractivity contribution in [1.29, 1.82) is 0 Å². The summed E-state index contributed by atoms with van der Waals surface area (Å²) in [4.78, 5) is 24.7. The minimum absolute atomic E-state index is 0.0143. The first kappa shape index (κ1) is 14.0. The Morgan fingerprint density at radius 3 is 2.61 bits per heavy atom. The molecule has 0 aromatic heterocycles. The van der Waals surface area contributed by atoms with Gasteiger partial charge in [-0.25, -0.2) is 0 Å². The van der Waals surface area contributed by atoms with Crippen LogP contribution in [0.25, 0.3) is 0 Å². The van der Waals surface area contributed by atoms with Gasteiger partial charge in [-0.15, -0.1) is 0 Å². The van der Waals surface area contributed by atoms with Crippen molar-refractivity contribution >= 4 is 17.5 Å². The highest BCUT2D eigenvalue weighted by molar-refractivity contribution is 5.97. The van der Waals surface area contributed by atoms with E-state index in [2.05, 4.69) is 5.32 Å². The van der Waals surface area contributed by atoms with Crippen LogP contribution >= 0.6 is 0 Å². The number of nitrogens with two attached hydrogens (primary N) is 1. The fourth-order valence-electron chi connectivity index (χ4n) is 1.50. The molecule has 0 aliphatic carbocycles. The van der Waals surface area contributed by atoms with Gasteiger partial charge >= 0.3 is 0 Å². The standard InChI is InChI=1S/C13H19N3O2/c1-9-10(5-4-6-11(9)14)13(18)15-8-7-12(17)16(2)3/h4-6H,7-8,14H2,1-3H3,(H,15,18). The Labute approximate surface area is 107 Å². The van der Waals surface area contributed by atoms with Gasteiger partial charge in [-0.2, -0.15) is 0 Å². The van der Waals surface area contributed by atoms with Crippen molar-refractivity contribution in [2.24, 2.45) is 0 Å². The third-order valence-electron chi connectivity index (χ3n) is 2.74. The van der Waals surface area contributed by atoms with Crippen LogP contribution in [0, 0.1) is 6.92 Å². The van der Waals surface area contributed by atoms with E-state index in [1.54, 1.807) is 39.2 Å². The van der Waals surface area contributed by atoms with E-state index in [1.807, 2.05) is 0 Å². The van der Waals surface area contributed by atoms with Gasteiger partial charge in [0, 0.05) is 38.3 Å². The van der Waals surface area contributed by atoms with Gasteiger partial charge in [-0.1, -0.05) is 6.07 Å². The molecule has 0 saturated heterocycles. The molecule has 1 aromatic carbocycles. The Hall–Kier alpha value is -2.04. The Bertz CT molecular complexity index is 456. The average molecular weight is 249 g/mol. The maximum Gasteiger partial charge on any atom is 0.251 e. The number of nitrogen functional groups attached to an aromatic ring is 1. The van der Waals surface area contributed by atoms with Gasteiger partial charge in [0.2, 0.25) is 5.91 Å². The molecule has 1 rings (SSSR count). The monoisotopic (exact) mass is 249 g/mol. The molecule has 0 aliphatic rings. The van der Waals surface area contributed by atoms with E-state index in [9.17, 15) is 9.59 Å². The Kier molecular flexibility index (Phi) is 4.71. The molecule has 98 valence electrons. The lowest BCUT2D eigenvalue weighted by Crippen LogP contribution is -2.30. The summed E-state index contributed by atoms with van der Waals surface area (Å²) in [5.74, 6) is -0.217. The molecule has 0 spiro atoms. The molecule has 3 N–H and O–H groups in total. The maximum atomic E-state index is 11.9. The summed E-state index contributed by atoms with van der Waals surface area (Å²) in [6, 6.07) is 5.21. The van der Waals surface area contributed by atoms with Crippen molar-refractivity contribution in [2.45, 2.75) is 13.3 Å². The zero-order valence-corrected chi connectivity index (χ0v) is 11.0. The van der Waals surface area contributed by atoms with Gasteiger partial charge in [0.25, 0.3) is 5.91 Å². The lowest BCUT2D eigenvalue weighted by Gasteiger charge is -2.11. The number of hydrogen-bond donors (Lipinski definition) is 2. The van der Waals surface area contributed by atoms with Crippen molar-refractivity contribution < 1.29 is 9.59 Å². The van der Waals surface area contributed by atoms with Gasteiger partial charge in [0.15, 0.2) is 0 Å². The second-order valence-corrected chi connectivity index (χ2v) is 4.31. The van der Waals surface area contributed by atoms with Crippen LogP contribution in [0.1, 0.15) is 22.3 Å². The lowest BCUT2D eigenvalue weighted by atomic mass is 10.1. The number of carbonyl (C=O) groups is 2. The SMILES string of the molecule is Cc1c(N)cccc1C(=O)NCCC(=O)N(C)C. The zero-order chi connectivity index (χ0) is 13.7. The normalized spacial score (nSPS) is 9.94. The molecule has 0 heterocycles. The summed E-state index contributed by atoms with van der Waals surface area (Å²) < 4.78 is 0. The fraction of sp³-hybridized carbons (Fsp3) is 0.385. The summed E-state index contributed by atoms with van der Waals surface area (Å²) >= 11 is 0. The number of nitrogens with one attached hydrogen (secondary N) is 1. The molecule has 0 atom stereocenters. The molecule has 0 saturated carbocycles. The predicted molar refractivity (Wildman–Crippen MR) is 71.2 cm³/mol. The third-order valence-corrected chi connectivity index (χ3v) is 2.74. The Morgan fingerprint density at radius 1 is 1.33 bits per heavy atom. The quantitative estimate of drug-likeness (QED) is 0.774. The maximum absolute atomic E-state index is 11.9. The molecular weight excluding hydrogens is 230 g/mol. The highest BCUT2D eigenvalue weighted by atomic mass is 16.2. The Morgan fingerprint density at radius 2 is 2.00 bits per heavy atom. The number of rotatable bonds is 4. The summed E-state index contributed by atoms with van der Waals surface area (Å²) in [6.45, 7) is 2.12. The van der Waals surface area contributed by atoms with Crippen LogP contribution in [0.3, 0.4) is 0 Å². The molecule has 0 aliphatic heterocycles. The van der Waals surface area contributed by atoms with Crippen LogP contribution < -0.4 is 11.1 Å². The zero-order valence-electron chi connectivity index (χ0n) is 11.0. The van der Waals surface area contributed by atoms with Gasteiger partial charge in [-0.05, 0) is 24.6 Å². The molecule has 0 unspecified atom stereocenters. The second kappa shape index (κ2) is 6.05. The highest BCUT2D eigenvalue weighted by Gasteiger charge is 2.11. The number of nitrogens with zero attached hydrogens (tertiary/aromatic N) is 1. The van der Waals surface area contributed by atoms with Crippen LogP contribution in [0.15, 0.2) is 18.2 Å². The number of hydrogen-bond acceptors (Lipinski definition) is 3. The summed E-state index contributed by atoms with van der Waals surface area (Å²) in [6.07, 6.45) is 0.292. The molecule has 2 amide bonds. The molecule has 0 bridgehead atoms. The van der Waals surface area contributed by atoms with Crippen LogP contribution in [0.5, 0.6) is 0 Å². The number of amides is 2. The van der Waals surface area contributed by atoms with Crippen molar-refractivity contribution in [3.05, 3.63) is 29.3 Å². The van der Waals surface area contributed by atoms with E-state index in [4.69, 9.17) is 5.73 Å². The van der Waals surface area contributed by atoms with Crippen LogP contribution in [-0.2, 0) is 4.79 Å². The highest BCUT2D eigenvalue weighted by Crippen LogP contribution is 2.15. The lowest BCUT2D eigenvalue weighted by molar-refractivity contribution is -0.128. The number of anilines is 1. The van der Waals surface area contributed by atoms with E-state index < -0.39 is 0 Å². The van der Waals surface area contributed by atoms with Gasteiger partial charge in [-0.3, -0.25) is 9.59 Å². The molecule has 0 radical (unpaired) electrons. The molecular formula is C13H19N3O2. The first-order valence-electron chi connectivity index (χ1n) is 5.77. The third kappa shape index (κ3) is 3.48. The van der Waals surface area contributed by atoms with Crippen LogP contribution in [0.2, 0.25) is 0 Å². The smallest absolute Gasteiger partial charge is 0.251 e. The first-order valence-corrected chi connectivity index (χ1v) is 5.77. The van der Waals surface area contributed by atoms with Crippen molar-refractivity contribution in [3.63, 3.8) is 0 Å². The number of benzene rings is 1. The molecule has 5 heteroatoms. The Balaban J connectivity index is 2.56. The molecule has 18 heavy (non-hydrogen) atoms. The average Bonchev–Trinajstić information content (AvgIpc) is 2.32. The fourth-order valence-corrected chi connectivity index (χ4v) is 1.50.